The highest BCUT2D eigenvalue weighted by atomic mass is 19.2. The normalized spacial score (nSPS) is 10.5. The van der Waals surface area contributed by atoms with Crippen molar-refractivity contribution in [2.75, 3.05) is 18.4 Å². The highest BCUT2D eigenvalue weighted by Crippen LogP contribution is 2.19. The van der Waals surface area contributed by atoms with E-state index in [2.05, 4.69) is 5.32 Å². The van der Waals surface area contributed by atoms with Crippen molar-refractivity contribution in [1.82, 2.24) is 4.90 Å². The summed E-state index contributed by atoms with van der Waals surface area (Å²) >= 11 is 0. The lowest BCUT2D eigenvalue weighted by Gasteiger charge is -2.21. The maximum absolute atomic E-state index is 13.5. The van der Waals surface area contributed by atoms with Crippen LogP contribution in [0.1, 0.15) is 18.9 Å². The molecule has 0 aliphatic carbocycles. The topological polar surface area (TPSA) is 32.3 Å². The molecule has 0 atom stereocenters. The molecule has 1 amide bonds. The molecular weight excluding hydrogens is 317 g/mol. The number of carbonyl (C=O) groups excluding carboxylic acids is 1. The van der Waals surface area contributed by atoms with Crippen LogP contribution in [0, 0.1) is 17.5 Å². The fourth-order valence-corrected chi connectivity index (χ4v) is 2.30. The van der Waals surface area contributed by atoms with Gasteiger partial charge in [-0.25, -0.2) is 13.2 Å². The molecule has 0 saturated heterocycles. The predicted octanol–water partition coefficient (Wildman–Crippen LogP) is 3.95. The minimum Gasteiger partial charge on any atom is -0.382 e. The summed E-state index contributed by atoms with van der Waals surface area (Å²) in [7, 11) is 0. The van der Waals surface area contributed by atoms with Gasteiger partial charge in [-0.3, -0.25) is 4.79 Å². The maximum Gasteiger partial charge on any atom is 0.224 e. The van der Waals surface area contributed by atoms with Crippen LogP contribution in [0.25, 0.3) is 0 Å². The van der Waals surface area contributed by atoms with Gasteiger partial charge in [-0.1, -0.05) is 30.3 Å². The number of halogens is 3. The summed E-state index contributed by atoms with van der Waals surface area (Å²) in [4.78, 5) is 13.9. The van der Waals surface area contributed by atoms with Crippen LogP contribution in [-0.2, 0) is 11.3 Å². The Labute approximate surface area is 139 Å². The lowest BCUT2D eigenvalue weighted by molar-refractivity contribution is -0.131. The predicted molar refractivity (Wildman–Crippen MR) is 87.0 cm³/mol. The van der Waals surface area contributed by atoms with Crippen molar-refractivity contribution < 1.29 is 18.0 Å². The lowest BCUT2D eigenvalue weighted by Crippen LogP contribution is -2.31. The Bertz CT molecular complexity index is 692. The van der Waals surface area contributed by atoms with Gasteiger partial charge in [-0.15, -0.1) is 0 Å². The van der Waals surface area contributed by atoms with Crippen molar-refractivity contribution in [1.29, 1.82) is 0 Å². The first-order valence-electron chi connectivity index (χ1n) is 7.72. The molecule has 1 N–H and O–H groups in total. The van der Waals surface area contributed by atoms with E-state index in [0.29, 0.717) is 13.1 Å². The van der Waals surface area contributed by atoms with Crippen LogP contribution in [0.5, 0.6) is 0 Å². The van der Waals surface area contributed by atoms with E-state index < -0.39 is 17.5 Å². The number of anilines is 1. The summed E-state index contributed by atoms with van der Waals surface area (Å²) in [5.74, 6) is -4.14. The number of rotatable bonds is 7. The van der Waals surface area contributed by atoms with Gasteiger partial charge < -0.3 is 10.2 Å². The van der Waals surface area contributed by atoms with Crippen LogP contribution in [-0.4, -0.2) is 23.9 Å². The van der Waals surface area contributed by atoms with Gasteiger partial charge in [0, 0.05) is 26.1 Å². The molecule has 0 aliphatic heterocycles. The Balaban J connectivity index is 1.89. The number of hydrogen-bond donors (Lipinski definition) is 1. The van der Waals surface area contributed by atoms with E-state index in [-0.39, 0.29) is 24.6 Å². The molecule has 0 radical (unpaired) electrons. The summed E-state index contributed by atoms with van der Waals surface area (Å²) in [6.07, 6.45) is 0.124. The van der Waals surface area contributed by atoms with E-state index in [4.69, 9.17) is 0 Å². The molecule has 0 unspecified atom stereocenters. The van der Waals surface area contributed by atoms with Gasteiger partial charge in [-0.05, 0) is 24.6 Å². The smallest absolute Gasteiger partial charge is 0.224 e. The van der Waals surface area contributed by atoms with Crippen molar-refractivity contribution in [2.45, 2.75) is 19.9 Å². The molecule has 6 heteroatoms. The molecule has 0 bridgehead atoms. The zero-order valence-corrected chi connectivity index (χ0v) is 13.4. The Hall–Kier alpha value is -2.50. The molecule has 0 aliphatic rings. The van der Waals surface area contributed by atoms with Crippen molar-refractivity contribution in [2.24, 2.45) is 0 Å². The van der Waals surface area contributed by atoms with E-state index in [0.717, 1.165) is 17.7 Å². The van der Waals surface area contributed by atoms with Crippen LogP contribution in [0.15, 0.2) is 42.5 Å². The zero-order chi connectivity index (χ0) is 17.5. The molecule has 2 aromatic carbocycles. The Morgan fingerprint density at radius 2 is 1.75 bits per heavy atom. The van der Waals surface area contributed by atoms with E-state index >= 15 is 0 Å². The number of amides is 1. The molecular formula is C18H19F3N2O. The third-order valence-electron chi connectivity index (χ3n) is 3.64. The fourth-order valence-electron chi connectivity index (χ4n) is 2.30. The third-order valence-corrected chi connectivity index (χ3v) is 3.64. The van der Waals surface area contributed by atoms with Gasteiger partial charge in [0.25, 0.3) is 0 Å². The number of nitrogens with one attached hydrogen (secondary N) is 1. The first-order chi connectivity index (χ1) is 11.5. The maximum atomic E-state index is 13.5. The van der Waals surface area contributed by atoms with Gasteiger partial charge in [0.15, 0.2) is 17.5 Å². The third kappa shape index (κ3) is 4.50. The van der Waals surface area contributed by atoms with Crippen LogP contribution >= 0.6 is 0 Å². The molecule has 0 heterocycles. The second kappa shape index (κ2) is 8.38. The van der Waals surface area contributed by atoms with Gasteiger partial charge >= 0.3 is 0 Å². The Kier molecular flexibility index (Phi) is 6.23. The summed E-state index contributed by atoms with van der Waals surface area (Å²) in [6, 6.07) is 11.5. The van der Waals surface area contributed by atoms with E-state index in [1.54, 1.807) is 4.90 Å². The minimum absolute atomic E-state index is 0.100. The van der Waals surface area contributed by atoms with Crippen LogP contribution in [0.2, 0.25) is 0 Å². The van der Waals surface area contributed by atoms with Crippen molar-refractivity contribution in [3.8, 4) is 0 Å². The largest absolute Gasteiger partial charge is 0.382 e. The average Bonchev–Trinajstić information content (AvgIpc) is 2.60. The molecule has 0 saturated carbocycles. The number of nitrogens with zero attached hydrogens (tertiary/aromatic N) is 1. The molecule has 0 aromatic heterocycles. The SMILES string of the molecule is CCN(Cc1ccccc1)C(=O)CCNc1ccc(F)c(F)c1F. The van der Waals surface area contributed by atoms with Crippen molar-refractivity contribution in [3.05, 3.63) is 65.5 Å². The fraction of sp³-hybridized carbons (Fsp3) is 0.278. The van der Waals surface area contributed by atoms with Crippen molar-refractivity contribution in [3.63, 3.8) is 0 Å². The minimum atomic E-state index is -1.52. The van der Waals surface area contributed by atoms with E-state index in [1.807, 2.05) is 37.3 Å². The van der Waals surface area contributed by atoms with Gasteiger partial charge in [0.05, 0.1) is 5.69 Å². The average molecular weight is 336 g/mol. The van der Waals surface area contributed by atoms with Gasteiger partial charge in [0.1, 0.15) is 0 Å². The second-order valence-corrected chi connectivity index (χ2v) is 5.29. The Morgan fingerprint density at radius 3 is 2.42 bits per heavy atom. The molecule has 3 nitrogen and oxygen atoms in total. The van der Waals surface area contributed by atoms with E-state index in [9.17, 15) is 18.0 Å². The lowest BCUT2D eigenvalue weighted by atomic mass is 10.2. The summed E-state index contributed by atoms with van der Waals surface area (Å²) < 4.78 is 39.5. The van der Waals surface area contributed by atoms with Gasteiger partial charge in [0.2, 0.25) is 5.91 Å². The second-order valence-electron chi connectivity index (χ2n) is 5.29. The number of hydrogen-bond acceptors (Lipinski definition) is 2. The molecule has 128 valence electrons. The monoisotopic (exact) mass is 336 g/mol. The highest BCUT2D eigenvalue weighted by molar-refractivity contribution is 5.76. The summed E-state index contributed by atoms with van der Waals surface area (Å²) in [5.41, 5.74) is 0.861. The quantitative estimate of drug-likeness (QED) is 0.777. The number of benzene rings is 2. The Morgan fingerprint density at radius 1 is 1.04 bits per heavy atom. The van der Waals surface area contributed by atoms with Crippen LogP contribution in [0.3, 0.4) is 0 Å². The van der Waals surface area contributed by atoms with Crippen molar-refractivity contribution >= 4 is 11.6 Å². The highest BCUT2D eigenvalue weighted by Gasteiger charge is 2.15. The molecule has 2 aromatic rings. The van der Waals surface area contributed by atoms with Gasteiger partial charge in [-0.2, -0.15) is 0 Å². The molecule has 24 heavy (non-hydrogen) atoms. The first kappa shape index (κ1) is 17.8. The van der Waals surface area contributed by atoms with Crippen LogP contribution < -0.4 is 5.32 Å². The molecule has 0 fully saturated rings. The first-order valence-corrected chi connectivity index (χ1v) is 7.72. The summed E-state index contributed by atoms with van der Waals surface area (Å²) in [5, 5.41) is 2.63. The number of carbonyl (C=O) groups is 1. The zero-order valence-electron chi connectivity index (χ0n) is 13.4. The molecule has 2 rings (SSSR count). The van der Waals surface area contributed by atoms with E-state index in [1.165, 1.54) is 0 Å². The standard InChI is InChI=1S/C18H19F3N2O/c1-2-23(12-13-6-4-3-5-7-13)16(24)10-11-22-15-9-8-14(19)17(20)18(15)21/h3-9,22H,2,10-12H2,1H3. The van der Waals surface area contributed by atoms with Crippen LogP contribution in [0.4, 0.5) is 18.9 Å². The molecule has 0 spiro atoms. The summed E-state index contributed by atoms with van der Waals surface area (Å²) in [6.45, 7) is 3.05.